The van der Waals surface area contributed by atoms with Crippen LogP contribution in [-0.4, -0.2) is 78.1 Å². The molecule has 59 heavy (non-hydrogen) atoms. The molecule has 17 heteroatoms. The summed E-state index contributed by atoms with van der Waals surface area (Å²) in [5, 5.41) is 18.8. The molecule has 2 amide bonds. The highest BCUT2D eigenvalue weighted by Crippen LogP contribution is 2.43. The topological polar surface area (TPSA) is 164 Å². The fraction of sp³-hybridized carbons (Fsp3) is 0.405. The second-order valence-electron chi connectivity index (χ2n) is 16.4. The van der Waals surface area contributed by atoms with Crippen molar-refractivity contribution in [1.29, 1.82) is 0 Å². The van der Waals surface area contributed by atoms with Crippen molar-refractivity contribution in [2.75, 3.05) is 13.7 Å². The van der Waals surface area contributed by atoms with Crippen molar-refractivity contribution in [1.82, 2.24) is 40.2 Å². The van der Waals surface area contributed by atoms with Gasteiger partial charge in [0.05, 0.1) is 47.1 Å². The molecular weight excluding hydrogens is 802 g/mol. The Balaban J connectivity index is 1.17. The summed E-state index contributed by atoms with van der Waals surface area (Å²) >= 11 is 14.2. The van der Waals surface area contributed by atoms with Gasteiger partial charge in [-0.15, -0.1) is 0 Å². The summed E-state index contributed by atoms with van der Waals surface area (Å²) in [6.07, 6.45) is 3.10. The molecule has 4 heterocycles. The molecule has 1 saturated heterocycles. The first-order valence-electron chi connectivity index (χ1n) is 19.3. The number of nitrogens with one attached hydrogen (secondary N) is 3. The smallest absolute Gasteiger partial charge is 0.410 e. The van der Waals surface area contributed by atoms with Gasteiger partial charge in [-0.2, -0.15) is 5.10 Å². The molecule has 14 nitrogen and oxygen atoms in total. The van der Waals surface area contributed by atoms with Crippen LogP contribution in [0.25, 0.3) is 39.0 Å². The van der Waals surface area contributed by atoms with E-state index in [-0.39, 0.29) is 65.2 Å². The fourth-order valence-electron chi connectivity index (χ4n) is 7.47. The molecule has 1 aliphatic heterocycles. The number of amides is 2. The van der Waals surface area contributed by atoms with Gasteiger partial charge < -0.3 is 24.8 Å². The third kappa shape index (κ3) is 9.09. The Labute approximate surface area is 350 Å². The number of benzene rings is 2. The summed E-state index contributed by atoms with van der Waals surface area (Å²) in [5.41, 5.74) is 7.26. The van der Waals surface area contributed by atoms with Crippen LogP contribution in [-0.2, 0) is 29.7 Å². The summed E-state index contributed by atoms with van der Waals surface area (Å²) in [7, 11) is 3.05. The van der Waals surface area contributed by atoms with E-state index in [2.05, 4.69) is 21.2 Å². The van der Waals surface area contributed by atoms with E-state index in [0.717, 1.165) is 0 Å². The molecule has 0 bridgehead atoms. The Kier molecular flexibility index (Phi) is 11.8. The molecule has 7 rings (SSSR count). The van der Waals surface area contributed by atoms with Gasteiger partial charge in [0.1, 0.15) is 22.8 Å². The second kappa shape index (κ2) is 16.5. The Bertz CT molecular complexity index is 2480. The molecule has 312 valence electrons. The molecule has 2 aromatic carbocycles. The standard InChI is InChI=1S/C42H47Cl2FN8O6/c1-41(2,3)59-40(56)52(21-24-13-14-35(54)49-48-24)22-30-31(45)16-32(47-38(30)58-6)29-12-8-11-28(37(29)44)27-10-7-9-26(36(27)43)23-15-33-39(55)51(5)34(50-53(33)20-23)19-46-25-17-42(4,57)18-25/h7-12,15-16,20,24-25,46,48,57H,13-14,17-19,21-22H2,1-6H3,(H,49,54)/t24?,25-,42-. The predicted octanol–water partition coefficient (Wildman–Crippen LogP) is 6.41. The van der Waals surface area contributed by atoms with Gasteiger partial charge in [-0.1, -0.05) is 59.6 Å². The number of ether oxygens (including phenoxy) is 2. The number of halogens is 3. The van der Waals surface area contributed by atoms with E-state index in [1.165, 1.54) is 22.6 Å². The van der Waals surface area contributed by atoms with Crippen LogP contribution in [0.3, 0.4) is 0 Å². The normalized spacial score (nSPS) is 19.3. The first kappa shape index (κ1) is 42.1. The summed E-state index contributed by atoms with van der Waals surface area (Å²) in [4.78, 5) is 44.5. The lowest BCUT2D eigenvalue weighted by atomic mass is 9.77. The van der Waals surface area contributed by atoms with Gasteiger partial charge in [0.2, 0.25) is 11.8 Å². The molecule has 1 atom stereocenters. The largest absolute Gasteiger partial charge is 0.481 e. The number of rotatable bonds is 11. The zero-order chi connectivity index (χ0) is 42.4. The van der Waals surface area contributed by atoms with Crippen LogP contribution in [0, 0.1) is 5.82 Å². The van der Waals surface area contributed by atoms with Crippen LogP contribution in [0.15, 0.2) is 59.5 Å². The van der Waals surface area contributed by atoms with Crippen molar-refractivity contribution in [2.24, 2.45) is 7.05 Å². The lowest BCUT2D eigenvalue weighted by Crippen LogP contribution is -2.54. The van der Waals surface area contributed by atoms with E-state index in [4.69, 9.17) is 37.8 Å². The average molecular weight is 850 g/mol. The van der Waals surface area contributed by atoms with Crippen LogP contribution in [0.2, 0.25) is 10.0 Å². The molecule has 4 N–H and O–H groups in total. The first-order chi connectivity index (χ1) is 27.9. The number of hydrogen-bond donors (Lipinski definition) is 4. The predicted molar refractivity (Wildman–Crippen MR) is 222 cm³/mol. The number of pyridine rings is 1. The lowest BCUT2D eigenvalue weighted by molar-refractivity contribution is -0.124. The maximum absolute atomic E-state index is 16.2. The van der Waals surface area contributed by atoms with E-state index < -0.39 is 23.1 Å². The number of aromatic nitrogens is 4. The van der Waals surface area contributed by atoms with Gasteiger partial charge in [0, 0.05) is 72.2 Å². The molecule has 0 spiro atoms. The molecule has 0 radical (unpaired) electrons. The van der Waals surface area contributed by atoms with Crippen LogP contribution < -0.4 is 26.5 Å². The van der Waals surface area contributed by atoms with E-state index in [1.54, 1.807) is 69.7 Å². The number of carbonyl (C=O) groups excluding carboxylic acids is 2. The average Bonchev–Trinajstić information content (AvgIpc) is 3.59. The zero-order valence-electron chi connectivity index (χ0n) is 33.7. The second-order valence-corrected chi connectivity index (χ2v) is 17.2. The molecule has 1 aliphatic carbocycles. The van der Waals surface area contributed by atoms with Crippen LogP contribution in [0.5, 0.6) is 5.88 Å². The number of hydrazine groups is 1. The maximum Gasteiger partial charge on any atom is 0.410 e. The summed E-state index contributed by atoms with van der Waals surface area (Å²) in [5.74, 6) is -0.337. The van der Waals surface area contributed by atoms with E-state index in [1.807, 2.05) is 18.2 Å². The Morgan fingerprint density at radius 3 is 2.37 bits per heavy atom. The monoisotopic (exact) mass is 848 g/mol. The molecule has 3 aromatic heterocycles. The summed E-state index contributed by atoms with van der Waals surface area (Å²) in [6, 6.07) is 13.6. The Hall–Kier alpha value is -5.06. The minimum atomic E-state index is -0.812. The van der Waals surface area contributed by atoms with Crippen LogP contribution in [0.1, 0.15) is 64.8 Å². The van der Waals surface area contributed by atoms with Crippen LogP contribution in [0.4, 0.5) is 9.18 Å². The van der Waals surface area contributed by atoms with Gasteiger partial charge in [-0.25, -0.2) is 24.1 Å². The van der Waals surface area contributed by atoms with Crippen molar-refractivity contribution >= 4 is 40.7 Å². The number of methoxy groups -OCH3 is 1. The number of fused-ring (bicyclic) bond motifs is 1. The fourth-order valence-corrected chi connectivity index (χ4v) is 8.14. The molecule has 5 aromatic rings. The van der Waals surface area contributed by atoms with Crippen molar-refractivity contribution in [3.8, 4) is 39.4 Å². The van der Waals surface area contributed by atoms with Gasteiger partial charge in [-0.3, -0.25) is 19.6 Å². The number of carbonyl (C=O) groups is 2. The van der Waals surface area contributed by atoms with Crippen molar-refractivity contribution in [3.05, 3.63) is 92.3 Å². The quantitative estimate of drug-likeness (QED) is 0.117. The highest BCUT2D eigenvalue weighted by Gasteiger charge is 2.38. The SMILES string of the molecule is COc1nc(-c2cccc(-c3cccc(-c4cc5c(=O)n(C)c(CN[C@H]6C[C@](C)(O)C6)nn5c4)c3Cl)c2Cl)cc(F)c1CN(CC1CCC(=O)NN1)C(=O)OC(C)(C)C. The third-order valence-electron chi connectivity index (χ3n) is 10.5. The number of aliphatic hydroxyl groups is 1. The number of hydrogen-bond acceptors (Lipinski definition) is 10. The Morgan fingerprint density at radius 2 is 1.75 bits per heavy atom. The highest BCUT2D eigenvalue weighted by atomic mass is 35.5. The summed E-state index contributed by atoms with van der Waals surface area (Å²) in [6.45, 7) is 7.28. The van der Waals surface area contributed by atoms with Gasteiger partial charge >= 0.3 is 6.09 Å². The Morgan fingerprint density at radius 1 is 1.08 bits per heavy atom. The zero-order valence-corrected chi connectivity index (χ0v) is 35.2. The van der Waals surface area contributed by atoms with Gasteiger partial charge in [-0.05, 0) is 53.0 Å². The molecule has 2 aliphatic rings. The number of nitrogens with zero attached hydrogens (tertiary/aromatic N) is 5. The highest BCUT2D eigenvalue weighted by molar-refractivity contribution is 6.39. The van der Waals surface area contributed by atoms with Gasteiger partial charge in [0.15, 0.2) is 0 Å². The molecular formula is C42H47Cl2FN8O6. The van der Waals surface area contributed by atoms with Crippen molar-refractivity contribution in [3.63, 3.8) is 0 Å². The van der Waals surface area contributed by atoms with Gasteiger partial charge in [0.25, 0.3) is 5.56 Å². The lowest BCUT2D eigenvalue weighted by Gasteiger charge is -2.41. The van der Waals surface area contributed by atoms with Crippen LogP contribution >= 0.6 is 23.2 Å². The third-order valence-corrected chi connectivity index (χ3v) is 11.3. The van der Waals surface area contributed by atoms with E-state index in [0.29, 0.717) is 70.0 Å². The molecule has 1 unspecified atom stereocenters. The van der Waals surface area contributed by atoms with E-state index in [9.17, 15) is 19.5 Å². The summed E-state index contributed by atoms with van der Waals surface area (Å²) < 4.78 is 30.5. The van der Waals surface area contributed by atoms with Crippen molar-refractivity contribution in [2.45, 2.75) is 89.8 Å². The molecule has 1 saturated carbocycles. The first-order valence-corrected chi connectivity index (χ1v) is 20.0. The minimum Gasteiger partial charge on any atom is -0.481 e. The maximum atomic E-state index is 16.2. The minimum absolute atomic E-state index is 0.0326. The van der Waals surface area contributed by atoms with E-state index >= 15 is 4.39 Å². The van der Waals surface area contributed by atoms with Crippen molar-refractivity contribution < 1.29 is 28.6 Å². The molecule has 2 fully saturated rings.